The van der Waals surface area contributed by atoms with E-state index in [1.165, 1.54) is 0 Å². The van der Waals surface area contributed by atoms with Gasteiger partial charge in [0.15, 0.2) is 0 Å². The highest BCUT2D eigenvalue weighted by Gasteiger charge is 1.83. The van der Waals surface area contributed by atoms with Gasteiger partial charge in [-0.05, 0) is 26.4 Å². The molecule has 2 heteroatoms. The van der Waals surface area contributed by atoms with Crippen molar-refractivity contribution in [2.75, 3.05) is 26.3 Å². The number of nitrogens with one attached hydrogen (secondary N) is 1. The number of ether oxygens (including phenoxy) is 1. The molecule has 0 aliphatic carbocycles. The fraction of sp³-hybridized carbons (Fsp3) is 1.00. The maximum Gasteiger partial charge on any atom is 0.0477 e. The zero-order valence-electron chi connectivity index (χ0n) is 6.44. The maximum atomic E-state index is 5.14. The molecule has 0 spiro atoms. The Hall–Kier alpha value is -0.0800. The molecule has 0 unspecified atom stereocenters. The normalized spacial score (nSPS) is 10.0. The van der Waals surface area contributed by atoms with Crippen LogP contribution in [-0.2, 0) is 4.74 Å². The molecule has 0 bridgehead atoms. The van der Waals surface area contributed by atoms with Gasteiger partial charge in [0.25, 0.3) is 0 Å². The minimum Gasteiger partial charge on any atom is -0.382 e. The first-order chi connectivity index (χ1) is 4.41. The van der Waals surface area contributed by atoms with Crippen LogP contribution in [0.1, 0.15) is 20.3 Å². The molecule has 0 rings (SSSR count). The van der Waals surface area contributed by atoms with E-state index < -0.39 is 0 Å². The molecule has 0 fully saturated rings. The summed E-state index contributed by atoms with van der Waals surface area (Å²) in [5.74, 6) is 0. The van der Waals surface area contributed by atoms with Crippen LogP contribution in [0.15, 0.2) is 0 Å². The lowest BCUT2D eigenvalue weighted by Gasteiger charge is -2.00. The van der Waals surface area contributed by atoms with E-state index in [1.54, 1.807) is 0 Å². The largest absolute Gasteiger partial charge is 0.382 e. The molecular formula is C7H17NO. The predicted octanol–water partition coefficient (Wildman–Crippen LogP) is 1.02. The lowest BCUT2D eigenvalue weighted by Crippen LogP contribution is -2.15. The van der Waals surface area contributed by atoms with E-state index in [0.29, 0.717) is 0 Å². The van der Waals surface area contributed by atoms with Gasteiger partial charge in [-0.25, -0.2) is 0 Å². The van der Waals surface area contributed by atoms with E-state index in [1.807, 2.05) is 6.92 Å². The van der Waals surface area contributed by atoms with Gasteiger partial charge in [0.1, 0.15) is 0 Å². The van der Waals surface area contributed by atoms with Crippen LogP contribution in [0.5, 0.6) is 0 Å². The molecule has 2 nitrogen and oxygen atoms in total. The smallest absolute Gasteiger partial charge is 0.0477 e. The maximum absolute atomic E-state index is 5.14. The first kappa shape index (κ1) is 8.92. The molecule has 0 radical (unpaired) electrons. The van der Waals surface area contributed by atoms with E-state index in [2.05, 4.69) is 12.2 Å². The van der Waals surface area contributed by atoms with Crippen molar-refractivity contribution in [1.82, 2.24) is 5.32 Å². The molecule has 0 heterocycles. The summed E-state index contributed by atoms with van der Waals surface area (Å²) in [5, 5.41) is 3.23. The van der Waals surface area contributed by atoms with Crippen LogP contribution in [0, 0.1) is 0 Å². The molecule has 9 heavy (non-hydrogen) atoms. The molecule has 0 atom stereocenters. The Morgan fingerprint density at radius 2 is 2.11 bits per heavy atom. The summed E-state index contributed by atoms with van der Waals surface area (Å²) in [6.45, 7) is 8.01. The van der Waals surface area contributed by atoms with Crippen molar-refractivity contribution in [3.8, 4) is 0 Å². The molecular weight excluding hydrogens is 114 g/mol. The zero-order chi connectivity index (χ0) is 6.95. The average Bonchev–Trinajstić information content (AvgIpc) is 1.89. The van der Waals surface area contributed by atoms with Gasteiger partial charge in [-0.2, -0.15) is 0 Å². The molecule has 0 saturated carbocycles. The van der Waals surface area contributed by atoms with Crippen molar-refractivity contribution in [2.24, 2.45) is 0 Å². The van der Waals surface area contributed by atoms with Gasteiger partial charge in [-0.3, -0.25) is 0 Å². The molecule has 0 aliphatic heterocycles. The Kier molecular flexibility index (Phi) is 7.85. The fourth-order valence-electron chi connectivity index (χ4n) is 0.620. The van der Waals surface area contributed by atoms with Gasteiger partial charge in [-0.15, -0.1) is 0 Å². The second-order valence-corrected chi connectivity index (χ2v) is 1.90. The molecule has 56 valence electrons. The molecule has 0 aromatic heterocycles. The minimum atomic E-state index is 0.839. The van der Waals surface area contributed by atoms with Gasteiger partial charge in [0.2, 0.25) is 0 Å². The van der Waals surface area contributed by atoms with Crippen molar-refractivity contribution in [3.05, 3.63) is 0 Å². The van der Waals surface area contributed by atoms with Gasteiger partial charge < -0.3 is 10.1 Å². The Labute approximate surface area is 57.6 Å². The van der Waals surface area contributed by atoms with Crippen LogP contribution in [0.2, 0.25) is 0 Å². The first-order valence-electron chi connectivity index (χ1n) is 3.70. The van der Waals surface area contributed by atoms with Crippen molar-refractivity contribution >= 4 is 0 Å². The van der Waals surface area contributed by atoms with Crippen LogP contribution in [-0.4, -0.2) is 26.3 Å². The second kappa shape index (κ2) is 7.92. The lowest BCUT2D eigenvalue weighted by molar-refractivity contribution is 0.145. The van der Waals surface area contributed by atoms with E-state index in [4.69, 9.17) is 4.74 Å². The number of rotatable bonds is 6. The fourth-order valence-corrected chi connectivity index (χ4v) is 0.620. The van der Waals surface area contributed by atoms with Crippen molar-refractivity contribution in [2.45, 2.75) is 20.3 Å². The summed E-state index contributed by atoms with van der Waals surface area (Å²) in [6.07, 6.45) is 1.13. The van der Waals surface area contributed by atoms with Crippen LogP contribution in [0.4, 0.5) is 0 Å². The molecule has 0 aliphatic rings. The Bertz CT molecular complexity index is 42.2. The second-order valence-electron chi connectivity index (χ2n) is 1.90. The first-order valence-corrected chi connectivity index (χ1v) is 3.70. The van der Waals surface area contributed by atoms with Gasteiger partial charge in [-0.1, -0.05) is 6.92 Å². The standard InChI is InChI=1S/C7H17NO/c1-3-8-6-5-7-9-4-2/h8H,3-7H2,1-2H3. The molecule has 0 aromatic carbocycles. The van der Waals surface area contributed by atoms with Crippen molar-refractivity contribution in [3.63, 3.8) is 0 Å². The highest BCUT2D eigenvalue weighted by molar-refractivity contribution is 4.41. The third-order valence-electron chi connectivity index (χ3n) is 1.10. The molecule has 0 amide bonds. The number of hydrogen-bond donors (Lipinski definition) is 1. The zero-order valence-corrected chi connectivity index (χ0v) is 6.44. The highest BCUT2D eigenvalue weighted by Crippen LogP contribution is 1.78. The summed E-state index contributed by atoms with van der Waals surface area (Å²) in [5.41, 5.74) is 0. The summed E-state index contributed by atoms with van der Waals surface area (Å²) in [4.78, 5) is 0. The third-order valence-corrected chi connectivity index (χ3v) is 1.10. The average molecular weight is 131 g/mol. The summed E-state index contributed by atoms with van der Waals surface area (Å²) < 4.78 is 5.14. The third kappa shape index (κ3) is 7.92. The Morgan fingerprint density at radius 3 is 2.67 bits per heavy atom. The van der Waals surface area contributed by atoms with Crippen LogP contribution < -0.4 is 5.32 Å². The van der Waals surface area contributed by atoms with Gasteiger partial charge in [0, 0.05) is 13.2 Å². The van der Waals surface area contributed by atoms with Gasteiger partial charge >= 0.3 is 0 Å². The topological polar surface area (TPSA) is 21.3 Å². The van der Waals surface area contributed by atoms with Crippen molar-refractivity contribution in [1.29, 1.82) is 0 Å². The SMILES string of the molecule is CCNCCCOCC. The molecule has 0 saturated heterocycles. The van der Waals surface area contributed by atoms with E-state index in [-0.39, 0.29) is 0 Å². The summed E-state index contributed by atoms with van der Waals surface area (Å²) in [7, 11) is 0. The monoisotopic (exact) mass is 131 g/mol. The Balaban J connectivity index is 2.60. The van der Waals surface area contributed by atoms with Gasteiger partial charge in [0.05, 0.1) is 0 Å². The summed E-state index contributed by atoms with van der Waals surface area (Å²) in [6, 6.07) is 0. The molecule has 1 N–H and O–H groups in total. The highest BCUT2D eigenvalue weighted by atomic mass is 16.5. The predicted molar refractivity (Wildman–Crippen MR) is 39.7 cm³/mol. The number of hydrogen-bond acceptors (Lipinski definition) is 2. The van der Waals surface area contributed by atoms with E-state index in [0.717, 1.165) is 32.7 Å². The van der Waals surface area contributed by atoms with Crippen LogP contribution in [0.3, 0.4) is 0 Å². The minimum absolute atomic E-state index is 0.839. The van der Waals surface area contributed by atoms with Crippen molar-refractivity contribution < 1.29 is 4.74 Å². The van der Waals surface area contributed by atoms with Crippen LogP contribution >= 0.6 is 0 Å². The quantitative estimate of drug-likeness (QED) is 0.543. The lowest BCUT2D eigenvalue weighted by atomic mass is 10.4. The Morgan fingerprint density at radius 1 is 1.33 bits per heavy atom. The molecule has 0 aromatic rings. The van der Waals surface area contributed by atoms with E-state index in [9.17, 15) is 0 Å². The van der Waals surface area contributed by atoms with Crippen LogP contribution in [0.25, 0.3) is 0 Å². The summed E-state index contributed by atoms with van der Waals surface area (Å²) >= 11 is 0. The van der Waals surface area contributed by atoms with E-state index >= 15 is 0 Å².